The van der Waals surface area contributed by atoms with E-state index in [2.05, 4.69) is 39.5 Å². The summed E-state index contributed by atoms with van der Waals surface area (Å²) in [6, 6.07) is 0. The van der Waals surface area contributed by atoms with Crippen molar-refractivity contribution in [3.63, 3.8) is 0 Å². The third-order valence-electron chi connectivity index (χ3n) is 12.5. The molecule has 0 radical (unpaired) electrons. The lowest BCUT2D eigenvalue weighted by molar-refractivity contribution is -0.297. The molecule has 0 bridgehead atoms. The molecule has 9 unspecified atom stereocenters. The number of aliphatic hydroxyl groups is 2. The van der Waals surface area contributed by atoms with Crippen LogP contribution in [0.15, 0.2) is 12.2 Å². The van der Waals surface area contributed by atoms with Crippen molar-refractivity contribution in [1.29, 1.82) is 0 Å². The maximum absolute atomic E-state index is 11.7. The van der Waals surface area contributed by atoms with Crippen LogP contribution >= 0.6 is 0 Å². The summed E-state index contributed by atoms with van der Waals surface area (Å²) in [5, 5.41) is 31.6. The Labute approximate surface area is 208 Å². The van der Waals surface area contributed by atoms with Crippen LogP contribution in [-0.4, -0.2) is 32.8 Å². The van der Waals surface area contributed by atoms with Gasteiger partial charge in [-0.2, -0.15) is 0 Å². The molecule has 3 N–H and O–H groups in total. The highest BCUT2D eigenvalue weighted by Crippen LogP contribution is 2.75. The van der Waals surface area contributed by atoms with Crippen molar-refractivity contribution in [3.05, 3.63) is 12.2 Å². The second-order valence-corrected chi connectivity index (χ2v) is 14.8. The van der Waals surface area contributed by atoms with Gasteiger partial charge in [-0.3, -0.25) is 5.26 Å². The number of fused-ring (bicyclic) bond motifs is 5. The van der Waals surface area contributed by atoms with Crippen molar-refractivity contribution in [2.24, 2.45) is 45.3 Å². The summed E-state index contributed by atoms with van der Waals surface area (Å²) in [5.41, 5.74) is -0.675. The van der Waals surface area contributed by atoms with Gasteiger partial charge in [-0.1, -0.05) is 46.8 Å². The molecule has 196 valence electrons. The molecule has 0 aromatic carbocycles. The van der Waals surface area contributed by atoms with E-state index in [4.69, 9.17) is 5.26 Å². The van der Waals surface area contributed by atoms with Gasteiger partial charge in [0, 0.05) is 0 Å². The van der Waals surface area contributed by atoms with Crippen LogP contribution in [0.5, 0.6) is 0 Å². The SMILES string of the molecule is CC(C)(C=CCC(C)(O)C1CCC2(C)C1CCC1C3(C)CCC(O)C(C)(C)C3CCC12C)OO. The van der Waals surface area contributed by atoms with E-state index in [1.54, 1.807) is 0 Å². The number of aliphatic hydroxyl groups excluding tert-OH is 1. The van der Waals surface area contributed by atoms with Crippen LogP contribution in [0, 0.1) is 45.3 Å². The summed E-state index contributed by atoms with van der Waals surface area (Å²) in [5.74, 6) is 2.12. The maximum atomic E-state index is 11.7. The smallest absolute Gasteiger partial charge is 0.116 e. The molecule has 0 spiro atoms. The molecule has 4 rings (SSSR count). The Hall–Kier alpha value is -0.420. The Balaban J connectivity index is 1.59. The van der Waals surface area contributed by atoms with E-state index in [1.807, 2.05) is 32.9 Å². The third kappa shape index (κ3) is 3.76. The predicted molar refractivity (Wildman–Crippen MR) is 137 cm³/mol. The predicted octanol–water partition coefficient (Wildman–Crippen LogP) is 7.00. The minimum Gasteiger partial charge on any atom is -0.393 e. The first-order chi connectivity index (χ1) is 15.6. The summed E-state index contributed by atoms with van der Waals surface area (Å²) in [7, 11) is 0. The zero-order valence-corrected chi connectivity index (χ0v) is 23.2. The van der Waals surface area contributed by atoms with Gasteiger partial charge in [0.05, 0.1) is 11.7 Å². The molecule has 9 atom stereocenters. The van der Waals surface area contributed by atoms with Crippen molar-refractivity contribution in [1.82, 2.24) is 0 Å². The fraction of sp³-hybridized carbons (Fsp3) is 0.933. The standard InChI is InChI=1S/C30H52O4/c1-25(2,34-33)15-9-16-30(8,32)21-12-18-28(6)20(21)10-11-23-27(5)17-14-24(31)26(3,4)22(27)13-19-29(23,28)7/h9,15,20-24,31-33H,10-14,16-19H2,1-8H3. The van der Waals surface area contributed by atoms with Gasteiger partial charge in [-0.25, -0.2) is 4.89 Å². The molecule has 0 aromatic rings. The van der Waals surface area contributed by atoms with E-state index in [1.165, 1.54) is 32.1 Å². The first-order valence-electron chi connectivity index (χ1n) is 14.0. The van der Waals surface area contributed by atoms with E-state index in [-0.39, 0.29) is 22.3 Å². The summed E-state index contributed by atoms with van der Waals surface area (Å²) in [6.45, 7) is 18.0. The zero-order chi connectivity index (χ0) is 25.4. The zero-order valence-electron chi connectivity index (χ0n) is 23.2. The molecule has 0 saturated heterocycles. The molecular weight excluding hydrogens is 424 g/mol. The van der Waals surface area contributed by atoms with Crippen LogP contribution in [0.25, 0.3) is 0 Å². The summed E-state index contributed by atoms with van der Waals surface area (Å²) in [6.07, 6.45) is 13.6. The fourth-order valence-corrected chi connectivity index (χ4v) is 10.2. The van der Waals surface area contributed by atoms with Crippen LogP contribution in [0.1, 0.15) is 113 Å². The summed E-state index contributed by atoms with van der Waals surface area (Å²) in [4.78, 5) is 4.54. The molecule has 4 heteroatoms. The monoisotopic (exact) mass is 476 g/mol. The molecular formula is C30H52O4. The van der Waals surface area contributed by atoms with Gasteiger partial charge in [0.2, 0.25) is 0 Å². The van der Waals surface area contributed by atoms with Crippen molar-refractivity contribution < 1.29 is 20.4 Å². The first kappa shape index (κ1) is 26.6. The molecule has 0 heterocycles. The molecule has 34 heavy (non-hydrogen) atoms. The minimum absolute atomic E-state index is 0.00758. The summed E-state index contributed by atoms with van der Waals surface area (Å²) < 4.78 is 0. The molecule has 4 aliphatic carbocycles. The largest absolute Gasteiger partial charge is 0.393 e. The highest BCUT2D eigenvalue weighted by Gasteiger charge is 2.69. The van der Waals surface area contributed by atoms with Crippen LogP contribution in [0.4, 0.5) is 0 Å². The Morgan fingerprint density at radius 3 is 2.15 bits per heavy atom. The maximum Gasteiger partial charge on any atom is 0.116 e. The van der Waals surface area contributed by atoms with E-state index in [0.29, 0.717) is 35.5 Å². The van der Waals surface area contributed by atoms with E-state index < -0.39 is 11.2 Å². The average Bonchev–Trinajstić information content (AvgIpc) is 3.10. The average molecular weight is 477 g/mol. The quantitative estimate of drug-likeness (QED) is 0.227. The number of hydrogen-bond acceptors (Lipinski definition) is 4. The lowest BCUT2D eigenvalue weighted by Crippen LogP contribution is -2.64. The van der Waals surface area contributed by atoms with Gasteiger partial charge in [-0.15, -0.1) is 0 Å². The third-order valence-corrected chi connectivity index (χ3v) is 12.5. The Morgan fingerprint density at radius 1 is 0.853 bits per heavy atom. The molecule has 0 aromatic heterocycles. The van der Waals surface area contributed by atoms with Gasteiger partial charge in [-0.05, 0) is 124 Å². The van der Waals surface area contributed by atoms with Gasteiger partial charge in [0.15, 0.2) is 0 Å². The van der Waals surface area contributed by atoms with Crippen LogP contribution in [-0.2, 0) is 4.89 Å². The van der Waals surface area contributed by atoms with Crippen LogP contribution in [0.2, 0.25) is 0 Å². The van der Waals surface area contributed by atoms with Crippen molar-refractivity contribution >= 4 is 0 Å². The Kier molecular flexibility index (Phi) is 6.50. The minimum atomic E-state index is -0.758. The Bertz CT molecular complexity index is 800. The molecule has 0 amide bonds. The molecule has 0 aliphatic heterocycles. The highest BCUT2D eigenvalue weighted by atomic mass is 17.1. The van der Waals surface area contributed by atoms with Gasteiger partial charge in [0.1, 0.15) is 5.60 Å². The fourth-order valence-electron chi connectivity index (χ4n) is 10.2. The lowest BCUT2D eigenvalue weighted by Gasteiger charge is -2.70. The van der Waals surface area contributed by atoms with E-state index in [9.17, 15) is 10.2 Å². The molecule has 4 fully saturated rings. The second-order valence-electron chi connectivity index (χ2n) is 14.8. The van der Waals surface area contributed by atoms with E-state index >= 15 is 0 Å². The van der Waals surface area contributed by atoms with Crippen molar-refractivity contribution in [2.45, 2.75) is 130 Å². The van der Waals surface area contributed by atoms with Crippen LogP contribution < -0.4 is 0 Å². The summed E-state index contributed by atoms with van der Waals surface area (Å²) >= 11 is 0. The van der Waals surface area contributed by atoms with E-state index in [0.717, 1.165) is 19.3 Å². The topological polar surface area (TPSA) is 69.9 Å². The van der Waals surface area contributed by atoms with Crippen molar-refractivity contribution in [2.75, 3.05) is 0 Å². The highest BCUT2D eigenvalue weighted by molar-refractivity contribution is 5.18. The van der Waals surface area contributed by atoms with Crippen molar-refractivity contribution in [3.8, 4) is 0 Å². The number of rotatable bonds is 5. The normalized spacial score (nSPS) is 48.1. The van der Waals surface area contributed by atoms with Crippen LogP contribution in [0.3, 0.4) is 0 Å². The van der Waals surface area contributed by atoms with Gasteiger partial charge in [0.25, 0.3) is 0 Å². The molecule has 4 nitrogen and oxygen atoms in total. The molecule has 4 aliphatic rings. The lowest BCUT2D eigenvalue weighted by atomic mass is 9.35. The molecule has 4 saturated carbocycles. The number of hydrogen-bond donors (Lipinski definition) is 3. The van der Waals surface area contributed by atoms with Gasteiger partial charge >= 0.3 is 0 Å². The Morgan fingerprint density at radius 2 is 1.50 bits per heavy atom. The first-order valence-corrected chi connectivity index (χ1v) is 14.0. The second kappa shape index (κ2) is 8.30. The van der Waals surface area contributed by atoms with Gasteiger partial charge < -0.3 is 10.2 Å².